The van der Waals surface area contributed by atoms with E-state index in [1.54, 1.807) is 18.2 Å². The minimum atomic E-state index is -0.365. The molecule has 0 fully saturated rings. The zero-order valence-corrected chi connectivity index (χ0v) is 11.7. The lowest BCUT2D eigenvalue weighted by Crippen LogP contribution is -2.18. The minimum absolute atomic E-state index is 0.365. The van der Waals surface area contributed by atoms with Gasteiger partial charge in [-0.2, -0.15) is 0 Å². The number of nitrogen functional groups attached to an aromatic ring is 1. The summed E-state index contributed by atoms with van der Waals surface area (Å²) in [6.07, 6.45) is 0. The van der Waals surface area contributed by atoms with Crippen molar-refractivity contribution in [1.82, 2.24) is 0 Å². The second-order valence-corrected chi connectivity index (χ2v) is 4.34. The molecule has 20 heavy (non-hydrogen) atoms. The molecule has 2 rings (SSSR count). The number of carbonyl (C=O) groups excluding carboxylic acids is 1. The van der Waals surface area contributed by atoms with Gasteiger partial charge in [-0.25, -0.2) is 4.79 Å². The van der Waals surface area contributed by atoms with E-state index in [1.165, 1.54) is 7.11 Å². The van der Waals surface area contributed by atoms with Crippen molar-refractivity contribution in [2.45, 2.75) is 6.92 Å². The number of hydrogen-bond acceptors (Lipinski definition) is 4. The van der Waals surface area contributed by atoms with E-state index < -0.39 is 0 Å². The molecule has 0 saturated carbocycles. The Hall–Kier alpha value is -2.49. The first-order valence-electron chi connectivity index (χ1n) is 6.47. The van der Waals surface area contributed by atoms with Gasteiger partial charge in [-0.3, -0.25) is 0 Å². The first-order valence-corrected chi connectivity index (χ1v) is 6.47. The fourth-order valence-electron chi connectivity index (χ4n) is 2.12. The highest BCUT2D eigenvalue weighted by molar-refractivity contribution is 5.92. The van der Waals surface area contributed by atoms with Crippen LogP contribution >= 0.6 is 0 Å². The summed E-state index contributed by atoms with van der Waals surface area (Å²) in [6, 6.07) is 15.1. The van der Waals surface area contributed by atoms with Crippen molar-refractivity contribution in [3.05, 3.63) is 54.1 Å². The standard InChI is InChI=1S/C16H18N2O2/c1-3-18(13-7-5-4-6-8-13)15-11-12(16(19)20-2)9-10-14(15)17/h4-11H,3,17H2,1-2H3. The highest BCUT2D eigenvalue weighted by Crippen LogP contribution is 2.31. The second-order valence-electron chi connectivity index (χ2n) is 4.34. The molecule has 104 valence electrons. The Balaban J connectivity index is 2.46. The Bertz CT molecular complexity index is 597. The first kappa shape index (κ1) is 13.9. The highest BCUT2D eigenvalue weighted by Gasteiger charge is 2.14. The van der Waals surface area contributed by atoms with Crippen LogP contribution in [0, 0.1) is 0 Å². The van der Waals surface area contributed by atoms with Crippen molar-refractivity contribution in [2.24, 2.45) is 0 Å². The van der Waals surface area contributed by atoms with E-state index in [9.17, 15) is 4.79 Å². The molecule has 0 atom stereocenters. The summed E-state index contributed by atoms with van der Waals surface area (Å²) in [5.41, 5.74) is 9.01. The predicted octanol–water partition coefficient (Wildman–Crippen LogP) is 3.21. The van der Waals surface area contributed by atoms with Gasteiger partial charge in [0.2, 0.25) is 0 Å². The lowest BCUT2D eigenvalue weighted by atomic mass is 10.1. The molecule has 0 spiro atoms. The number of nitrogens with zero attached hydrogens (tertiary/aromatic N) is 1. The topological polar surface area (TPSA) is 55.6 Å². The van der Waals surface area contributed by atoms with Crippen molar-refractivity contribution in [3.63, 3.8) is 0 Å². The third-order valence-electron chi connectivity index (χ3n) is 3.13. The second kappa shape index (κ2) is 6.10. The van der Waals surface area contributed by atoms with Gasteiger partial charge in [-0.1, -0.05) is 18.2 Å². The molecule has 0 bridgehead atoms. The molecular formula is C16H18N2O2. The van der Waals surface area contributed by atoms with Gasteiger partial charge in [-0.05, 0) is 37.3 Å². The molecule has 0 saturated heterocycles. The fourth-order valence-corrected chi connectivity index (χ4v) is 2.12. The maximum absolute atomic E-state index is 11.6. The Morgan fingerprint density at radius 1 is 1.20 bits per heavy atom. The van der Waals surface area contributed by atoms with E-state index in [1.807, 2.05) is 37.3 Å². The number of para-hydroxylation sites is 1. The average molecular weight is 270 g/mol. The van der Waals surface area contributed by atoms with Crippen molar-refractivity contribution >= 4 is 23.0 Å². The summed E-state index contributed by atoms with van der Waals surface area (Å²) in [7, 11) is 1.37. The zero-order valence-electron chi connectivity index (χ0n) is 11.7. The van der Waals surface area contributed by atoms with E-state index in [0.717, 1.165) is 17.9 Å². The van der Waals surface area contributed by atoms with Gasteiger partial charge in [-0.15, -0.1) is 0 Å². The number of carbonyl (C=O) groups is 1. The van der Waals surface area contributed by atoms with Crippen molar-refractivity contribution < 1.29 is 9.53 Å². The normalized spacial score (nSPS) is 10.1. The molecule has 0 amide bonds. The molecule has 0 radical (unpaired) electrons. The summed E-state index contributed by atoms with van der Waals surface area (Å²) >= 11 is 0. The molecule has 2 aromatic carbocycles. The van der Waals surface area contributed by atoms with Crippen LogP contribution in [0.25, 0.3) is 0 Å². The summed E-state index contributed by atoms with van der Waals surface area (Å²) in [5.74, 6) is -0.365. The van der Waals surface area contributed by atoms with Crippen LogP contribution in [-0.4, -0.2) is 19.6 Å². The molecule has 0 unspecified atom stereocenters. The van der Waals surface area contributed by atoms with Crippen LogP contribution in [0.5, 0.6) is 0 Å². The smallest absolute Gasteiger partial charge is 0.337 e. The molecule has 4 heteroatoms. The van der Waals surface area contributed by atoms with Crippen molar-refractivity contribution in [3.8, 4) is 0 Å². The minimum Gasteiger partial charge on any atom is -0.465 e. The molecule has 0 aliphatic rings. The number of anilines is 3. The van der Waals surface area contributed by atoms with E-state index in [0.29, 0.717) is 11.3 Å². The van der Waals surface area contributed by atoms with Gasteiger partial charge in [0.25, 0.3) is 0 Å². The molecule has 4 nitrogen and oxygen atoms in total. The number of rotatable bonds is 4. The average Bonchev–Trinajstić information content (AvgIpc) is 2.50. The Kier molecular flexibility index (Phi) is 4.25. The van der Waals surface area contributed by atoms with Gasteiger partial charge in [0, 0.05) is 12.2 Å². The number of hydrogen-bond donors (Lipinski definition) is 1. The van der Waals surface area contributed by atoms with Crippen LogP contribution < -0.4 is 10.6 Å². The Morgan fingerprint density at radius 2 is 1.90 bits per heavy atom. The van der Waals surface area contributed by atoms with E-state index in [4.69, 9.17) is 10.5 Å². The van der Waals surface area contributed by atoms with Crippen molar-refractivity contribution in [2.75, 3.05) is 24.3 Å². The van der Waals surface area contributed by atoms with Crippen LogP contribution in [0.3, 0.4) is 0 Å². The van der Waals surface area contributed by atoms with Crippen molar-refractivity contribution in [1.29, 1.82) is 0 Å². The molecule has 0 aliphatic heterocycles. The van der Waals surface area contributed by atoms with Gasteiger partial charge in [0.15, 0.2) is 0 Å². The van der Waals surface area contributed by atoms with Crippen LogP contribution in [0.2, 0.25) is 0 Å². The van der Waals surface area contributed by atoms with E-state index >= 15 is 0 Å². The van der Waals surface area contributed by atoms with Gasteiger partial charge in [0.1, 0.15) is 0 Å². The number of ether oxygens (including phenoxy) is 1. The van der Waals surface area contributed by atoms with Crippen LogP contribution in [-0.2, 0) is 4.74 Å². The van der Waals surface area contributed by atoms with Gasteiger partial charge >= 0.3 is 5.97 Å². The zero-order chi connectivity index (χ0) is 14.5. The number of esters is 1. The number of methoxy groups -OCH3 is 1. The summed E-state index contributed by atoms with van der Waals surface area (Å²) in [4.78, 5) is 13.7. The Labute approximate surface area is 118 Å². The summed E-state index contributed by atoms with van der Waals surface area (Å²) in [6.45, 7) is 2.79. The maximum Gasteiger partial charge on any atom is 0.337 e. The summed E-state index contributed by atoms with van der Waals surface area (Å²) < 4.78 is 4.75. The van der Waals surface area contributed by atoms with Crippen LogP contribution in [0.1, 0.15) is 17.3 Å². The third-order valence-corrected chi connectivity index (χ3v) is 3.13. The maximum atomic E-state index is 11.6. The number of benzene rings is 2. The first-order chi connectivity index (χ1) is 9.67. The quantitative estimate of drug-likeness (QED) is 0.684. The Morgan fingerprint density at radius 3 is 2.50 bits per heavy atom. The molecular weight excluding hydrogens is 252 g/mol. The predicted molar refractivity (Wildman–Crippen MR) is 81.3 cm³/mol. The lowest BCUT2D eigenvalue weighted by molar-refractivity contribution is 0.0601. The molecule has 0 aromatic heterocycles. The molecule has 0 heterocycles. The lowest BCUT2D eigenvalue weighted by Gasteiger charge is -2.25. The van der Waals surface area contributed by atoms with Gasteiger partial charge < -0.3 is 15.4 Å². The highest BCUT2D eigenvalue weighted by atomic mass is 16.5. The largest absolute Gasteiger partial charge is 0.465 e. The summed E-state index contributed by atoms with van der Waals surface area (Å²) in [5, 5.41) is 0. The van der Waals surface area contributed by atoms with Crippen LogP contribution in [0.4, 0.5) is 17.1 Å². The SMILES string of the molecule is CCN(c1ccccc1)c1cc(C(=O)OC)ccc1N. The van der Waals surface area contributed by atoms with Gasteiger partial charge in [0.05, 0.1) is 24.0 Å². The molecule has 2 N–H and O–H groups in total. The third kappa shape index (κ3) is 2.74. The van der Waals surface area contributed by atoms with E-state index in [2.05, 4.69) is 4.90 Å². The van der Waals surface area contributed by atoms with E-state index in [-0.39, 0.29) is 5.97 Å². The molecule has 0 aliphatic carbocycles. The van der Waals surface area contributed by atoms with Crippen LogP contribution in [0.15, 0.2) is 48.5 Å². The molecule has 2 aromatic rings. The fraction of sp³-hybridized carbons (Fsp3) is 0.188. The number of nitrogens with two attached hydrogens (primary N) is 1. The monoisotopic (exact) mass is 270 g/mol.